The van der Waals surface area contributed by atoms with Crippen molar-refractivity contribution >= 4 is 0 Å². The first-order valence-corrected chi connectivity index (χ1v) is 7.67. The topological polar surface area (TPSA) is 53.1 Å². The number of alkyl halides is 6. The number of benzene rings is 1. The van der Waals surface area contributed by atoms with E-state index in [9.17, 15) is 26.3 Å². The van der Waals surface area contributed by atoms with Crippen LogP contribution in [0.2, 0.25) is 0 Å². The third-order valence-corrected chi connectivity index (χ3v) is 3.72. The summed E-state index contributed by atoms with van der Waals surface area (Å²) in [7, 11) is 1.22. The lowest BCUT2D eigenvalue weighted by Crippen LogP contribution is -2.23. The Labute approximate surface area is 145 Å². The van der Waals surface area contributed by atoms with E-state index in [2.05, 4.69) is 5.10 Å². The quantitative estimate of drug-likeness (QED) is 0.775. The second kappa shape index (κ2) is 7.18. The Kier molecular flexibility index (Phi) is 5.55. The third-order valence-electron chi connectivity index (χ3n) is 3.72. The first kappa shape index (κ1) is 20.1. The number of nitrogens with two attached hydrogens (primary N) is 1. The van der Waals surface area contributed by atoms with E-state index < -0.39 is 29.7 Å². The third kappa shape index (κ3) is 4.48. The minimum Gasteiger partial charge on any atom is -0.439 e. The molecule has 2 N–H and O–H groups in total. The Hall–Kier alpha value is -2.23. The van der Waals surface area contributed by atoms with E-state index in [-0.39, 0.29) is 23.6 Å². The lowest BCUT2D eigenvalue weighted by molar-refractivity contribution is -0.142. The predicted molar refractivity (Wildman–Crippen MR) is 81.7 cm³/mol. The summed E-state index contributed by atoms with van der Waals surface area (Å²) in [6, 6.07) is 3.30. The fraction of sp³-hybridized carbons (Fsp3) is 0.438. The van der Waals surface area contributed by atoms with Crippen LogP contribution in [0, 0.1) is 0 Å². The summed E-state index contributed by atoms with van der Waals surface area (Å²) < 4.78 is 84.3. The molecule has 0 amide bonds. The molecule has 1 unspecified atom stereocenters. The summed E-state index contributed by atoms with van der Waals surface area (Å²) in [5.41, 5.74) is 3.34. The number of rotatable bonds is 5. The average molecular weight is 381 g/mol. The highest BCUT2D eigenvalue weighted by molar-refractivity contribution is 5.39. The summed E-state index contributed by atoms with van der Waals surface area (Å²) in [5.74, 6) is -0.539. The predicted octanol–water partition coefficient (Wildman–Crippen LogP) is 4.53. The van der Waals surface area contributed by atoms with Crippen molar-refractivity contribution in [2.24, 2.45) is 12.8 Å². The van der Waals surface area contributed by atoms with Crippen molar-refractivity contribution in [2.45, 2.75) is 38.2 Å². The van der Waals surface area contributed by atoms with Crippen molar-refractivity contribution in [3.05, 3.63) is 41.1 Å². The molecule has 10 heteroatoms. The molecule has 0 aliphatic heterocycles. The molecule has 0 aliphatic rings. The Bertz CT molecular complexity index is 766. The van der Waals surface area contributed by atoms with Crippen LogP contribution in [0.5, 0.6) is 11.6 Å². The van der Waals surface area contributed by atoms with Gasteiger partial charge in [-0.15, -0.1) is 0 Å². The molecular formula is C16H17F6N3O. The molecule has 4 nitrogen and oxygen atoms in total. The molecule has 0 radical (unpaired) electrons. The molecule has 1 atom stereocenters. The second-order valence-corrected chi connectivity index (χ2v) is 5.75. The summed E-state index contributed by atoms with van der Waals surface area (Å²) in [4.78, 5) is 0. The van der Waals surface area contributed by atoms with E-state index in [0.29, 0.717) is 12.5 Å². The zero-order chi connectivity index (χ0) is 19.7. The molecule has 26 heavy (non-hydrogen) atoms. The van der Waals surface area contributed by atoms with Gasteiger partial charge in [-0.25, -0.2) is 4.68 Å². The molecule has 0 saturated heterocycles. The number of aromatic nitrogens is 2. The maximum Gasteiger partial charge on any atom is 0.435 e. The van der Waals surface area contributed by atoms with Crippen LogP contribution in [-0.2, 0) is 25.8 Å². The number of aryl methyl sites for hydroxylation is 1. The van der Waals surface area contributed by atoms with Crippen LogP contribution < -0.4 is 10.5 Å². The van der Waals surface area contributed by atoms with Gasteiger partial charge in [0.05, 0.1) is 5.56 Å². The monoisotopic (exact) mass is 381 g/mol. The molecule has 144 valence electrons. The lowest BCUT2D eigenvalue weighted by atomic mass is 10.0. The number of hydrogen-bond acceptors (Lipinski definition) is 3. The van der Waals surface area contributed by atoms with E-state index in [1.807, 2.05) is 0 Å². The molecule has 0 spiro atoms. The molecule has 1 heterocycles. The standard InChI is InChI=1S/C16H17F6N3O/c1-3-10(23)8-12-13(16(20,21)22)24-25(2)14(12)26-11-6-4-5-9(7-11)15(17,18)19/h4-7,10H,3,8,23H2,1-2H3. The molecule has 0 saturated carbocycles. The van der Waals surface area contributed by atoms with Gasteiger partial charge in [-0.05, 0) is 31.0 Å². The van der Waals surface area contributed by atoms with E-state index >= 15 is 0 Å². The van der Waals surface area contributed by atoms with Crippen molar-refractivity contribution in [3.8, 4) is 11.6 Å². The van der Waals surface area contributed by atoms with Gasteiger partial charge in [0.25, 0.3) is 0 Å². The molecule has 1 aromatic carbocycles. The van der Waals surface area contributed by atoms with Gasteiger partial charge in [0.1, 0.15) is 5.75 Å². The van der Waals surface area contributed by atoms with Crippen molar-refractivity contribution < 1.29 is 31.1 Å². The highest BCUT2D eigenvalue weighted by Gasteiger charge is 2.40. The Balaban J connectivity index is 2.47. The summed E-state index contributed by atoms with van der Waals surface area (Å²) in [6.45, 7) is 1.71. The minimum atomic E-state index is -4.74. The van der Waals surface area contributed by atoms with Crippen LogP contribution in [0.25, 0.3) is 0 Å². The number of halogens is 6. The van der Waals surface area contributed by atoms with Gasteiger partial charge < -0.3 is 10.5 Å². The molecule has 1 aromatic heterocycles. The fourth-order valence-corrected chi connectivity index (χ4v) is 2.35. The molecule has 2 rings (SSSR count). The highest BCUT2D eigenvalue weighted by Crippen LogP contribution is 2.38. The number of hydrogen-bond donors (Lipinski definition) is 1. The lowest BCUT2D eigenvalue weighted by Gasteiger charge is -2.14. The molecular weight excluding hydrogens is 364 g/mol. The van der Waals surface area contributed by atoms with Gasteiger partial charge in [-0.3, -0.25) is 0 Å². The Morgan fingerprint density at radius 1 is 1.15 bits per heavy atom. The van der Waals surface area contributed by atoms with Crippen LogP contribution in [0.4, 0.5) is 26.3 Å². The van der Waals surface area contributed by atoms with E-state index in [1.54, 1.807) is 6.92 Å². The zero-order valence-corrected chi connectivity index (χ0v) is 13.9. The molecule has 0 aliphatic carbocycles. The Morgan fingerprint density at radius 2 is 1.81 bits per heavy atom. The van der Waals surface area contributed by atoms with Crippen molar-refractivity contribution in [1.29, 1.82) is 0 Å². The first-order valence-electron chi connectivity index (χ1n) is 7.67. The van der Waals surface area contributed by atoms with E-state index in [1.165, 1.54) is 13.1 Å². The van der Waals surface area contributed by atoms with Gasteiger partial charge in [0.15, 0.2) is 5.69 Å². The largest absolute Gasteiger partial charge is 0.439 e. The molecule has 2 aromatic rings. The maximum absolute atomic E-state index is 13.2. The van der Waals surface area contributed by atoms with Crippen molar-refractivity contribution in [1.82, 2.24) is 9.78 Å². The number of ether oxygens (including phenoxy) is 1. The average Bonchev–Trinajstić information content (AvgIpc) is 2.83. The highest BCUT2D eigenvalue weighted by atomic mass is 19.4. The fourth-order valence-electron chi connectivity index (χ4n) is 2.35. The SMILES string of the molecule is CCC(N)Cc1c(C(F)(F)F)nn(C)c1Oc1cccc(C(F)(F)F)c1. The van der Waals surface area contributed by atoms with E-state index in [4.69, 9.17) is 10.5 Å². The normalized spacial score (nSPS) is 13.7. The van der Waals surface area contributed by atoms with E-state index in [0.717, 1.165) is 16.8 Å². The van der Waals surface area contributed by atoms with Gasteiger partial charge in [-0.1, -0.05) is 13.0 Å². The molecule has 0 fully saturated rings. The van der Waals surface area contributed by atoms with Crippen LogP contribution in [0.15, 0.2) is 24.3 Å². The van der Waals surface area contributed by atoms with Gasteiger partial charge in [0.2, 0.25) is 5.88 Å². The summed E-state index contributed by atoms with van der Waals surface area (Å²) in [5, 5.41) is 3.43. The smallest absolute Gasteiger partial charge is 0.435 e. The van der Waals surface area contributed by atoms with Crippen LogP contribution in [0.3, 0.4) is 0 Å². The second-order valence-electron chi connectivity index (χ2n) is 5.75. The zero-order valence-electron chi connectivity index (χ0n) is 13.9. The Morgan fingerprint density at radius 3 is 2.35 bits per heavy atom. The first-order chi connectivity index (χ1) is 11.9. The van der Waals surface area contributed by atoms with Crippen LogP contribution >= 0.6 is 0 Å². The van der Waals surface area contributed by atoms with Gasteiger partial charge in [-0.2, -0.15) is 31.4 Å². The van der Waals surface area contributed by atoms with Gasteiger partial charge in [0, 0.05) is 18.7 Å². The van der Waals surface area contributed by atoms with Crippen LogP contribution in [-0.4, -0.2) is 15.8 Å². The van der Waals surface area contributed by atoms with Crippen molar-refractivity contribution in [2.75, 3.05) is 0 Å². The molecule has 0 bridgehead atoms. The summed E-state index contributed by atoms with van der Waals surface area (Å²) in [6.07, 6.45) is -9.10. The number of nitrogens with zero attached hydrogens (tertiary/aromatic N) is 2. The van der Waals surface area contributed by atoms with Gasteiger partial charge >= 0.3 is 12.4 Å². The van der Waals surface area contributed by atoms with Crippen molar-refractivity contribution in [3.63, 3.8) is 0 Å². The van der Waals surface area contributed by atoms with Crippen LogP contribution in [0.1, 0.15) is 30.2 Å². The minimum absolute atomic E-state index is 0.173. The summed E-state index contributed by atoms with van der Waals surface area (Å²) >= 11 is 0. The maximum atomic E-state index is 13.2.